The van der Waals surface area contributed by atoms with Crippen LogP contribution in [0.2, 0.25) is 0 Å². The Hall–Kier alpha value is -2.53. The lowest BCUT2D eigenvalue weighted by molar-refractivity contribution is 0.0933. The molecule has 0 amide bonds. The normalized spacial score (nSPS) is 20.4. The van der Waals surface area contributed by atoms with E-state index in [0.29, 0.717) is 22.6 Å². The number of nitrogens with zero attached hydrogens (tertiary/aromatic N) is 2. The second-order valence-electron chi connectivity index (χ2n) is 5.99. The number of anilines is 1. The monoisotopic (exact) mass is 323 g/mol. The molecule has 0 spiro atoms. The quantitative estimate of drug-likeness (QED) is 0.789. The summed E-state index contributed by atoms with van der Waals surface area (Å²) in [5, 5.41) is 4.06. The van der Waals surface area contributed by atoms with Crippen LogP contribution < -0.4 is 5.32 Å². The van der Waals surface area contributed by atoms with Crippen molar-refractivity contribution in [1.29, 1.82) is 0 Å². The number of nitrogens with one attached hydrogen (secondary N) is 1. The standard InChI is InChI=1S/C19H18FN3O/c20-16-8-4-7-15-17(16)22-12-23-19(15)21-11-14-9-10-24-18(14)13-5-2-1-3-6-13/h1-8,12,14,18H,9-11H2,(H,21,22,23)/t14-,18-/m0/s1. The molecular weight excluding hydrogens is 305 g/mol. The zero-order chi connectivity index (χ0) is 16.4. The highest BCUT2D eigenvalue weighted by Gasteiger charge is 2.29. The highest BCUT2D eigenvalue weighted by atomic mass is 19.1. The maximum absolute atomic E-state index is 13.9. The predicted molar refractivity (Wildman–Crippen MR) is 91.2 cm³/mol. The topological polar surface area (TPSA) is 47.0 Å². The number of hydrogen-bond donors (Lipinski definition) is 1. The van der Waals surface area contributed by atoms with Crippen molar-refractivity contribution in [1.82, 2.24) is 9.97 Å². The number of benzene rings is 2. The van der Waals surface area contributed by atoms with Gasteiger partial charge in [-0.25, -0.2) is 14.4 Å². The van der Waals surface area contributed by atoms with E-state index in [2.05, 4.69) is 27.4 Å². The van der Waals surface area contributed by atoms with Crippen molar-refractivity contribution in [3.63, 3.8) is 0 Å². The van der Waals surface area contributed by atoms with Crippen LogP contribution in [-0.2, 0) is 4.74 Å². The summed E-state index contributed by atoms with van der Waals surface area (Å²) in [5.74, 6) is 0.688. The van der Waals surface area contributed by atoms with Gasteiger partial charge < -0.3 is 10.1 Å². The Morgan fingerprint density at radius 3 is 2.83 bits per heavy atom. The summed E-state index contributed by atoms with van der Waals surface area (Å²) in [6, 6.07) is 15.2. The van der Waals surface area contributed by atoms with Gasteiger partial charge in [-0.15, -0.1) is 0 Å². The molecular formula is C19H18FN3O. The van der Waals surface area contributed by atoms with Crippen LogP contribution in [0, 0.1) is 11.7 Å². The van der Waals surface area contributed by atoms with Crippen molar-refractivity contribution in [3.8, 4) is 0 Å². The molecule has 24 heavy (non-hydrogen) atoms. The van der Waals surface area contributed by atoms with Crippen LogP contribution in [0.1, 0.15) is 18.1 Å². The van der Waals surface area contributed by atoms with Gasteiger partial charge in [-0.2, -0.15) is 0 Å². The molecule has 1 aromatic heterocycles. The number of rotatable bonds is 4. The van der Waals surface area contributed by atoms with Crippen LogP contribution in [0.3, 0.4) is 0 Å². The van der Waals surface area contributed by atoms with Crippen molar-refractivity contribution in [2.45, 2.75) is 12.5 Å². The van der Waals surface area contributed by atoms with Crippen LogP contribution in [0.5, 0.6) is 0 Å². The minimum Gasteiger partial charge on any atom is -0.373 e. The molecule has 122 valence electrons. The maximum atomic E-state index is 13.9. The van der Waals surface area contributed by atoms with Gasteiger partial charge in [-0.3, -0.25) is 0 Å². The number of fused-ring (bicyclic) bond motifs is 1. The molecule has 4 rings (SSSR count). The van der Waals surface area contributed by atoms with E-state index < -0.39 is 0 Å². The first kappa shape index (κ1) is 15.0. The molecule has 1 aliphatic heterocycles. The Morgan fingerprint density at radius 2 is 1.96 bits per heavy atom. The molecule has 0 saturated carbocycles. The van der Waals surface area contributed by atoms with Gasteiger partial charge in [-0.05, 0) is 24.1 Å². The predicted octanol–water partition coefficient (Wildman–Crippen LogP) is 3.96. The highest BCUT2D eigenvalue weighted by molar-refractivity contribution is 5.89. The van der Waals surface area contributed by atoms with E-state index in [-0.39, 0.29) is 11.9 Å². The number of para-hydroxylation sites is 1. The first-order chi connectivity index (χ1) is 11.8. The Labute approximate surface area is 139 Å². The molecule has 3 aromatic rings. The third-order valence-corrected chi connectivity index (χ3v) is 4.49. The van der Waals surface area contributed by atoms with Crippen molar-refractivity contribution < 1.29 is 9.13 Å². The molecule has 2 atom stereocenters. The average Bonchev–Trinajstić information content (AvgIpc) is 3.10. The van der Waals surface area contributed by atoms with E-state index in [1.165, 1.54) is 18.0 Å². The van der Waals surface area contributed by atoms with Crippen molar-refractivity contribution in [3.05, 3.63) is 66.2 Å². The van der Waals surface area contributed by atoms with Gasteiger partial charge in [-0.1, -0.05) is 36.4 Å². The second kappa shape index (κ2) is 6.53. The van der Waals surface area contributed by atoms with Crippen molar-refractivity contribution in [2.24, 2.45) is 5.92 Å². The minimum atomic E-state index is -0.329. The Balaban J connectivity index is 1.54. The third-order valence-electron chi connectivity index (χ3n) is 4.49. The summed E-state index contributed by atoms with van der Waals surface area (Å²) in [5.41, 5.74) is 1.54. The summed E-state index contributed by atoms with van der Waals surface area (Å²) >= 11 is 0. The third kappa shape index (κ3) is 2.83. The van der Waals surface area contributed by atoms with E-state index >= 15 is 0 Å². The fourth-order valence-electron chi connectivity index (χ4n) is 3.27. The van der Waals surface area contributed by atoms with Crippen LogP contribution >= 0.6 is 0 Å². The summed E-state index contributed by atoms with van der Waals surface area (Å²) in [4.78, 5) is 8.31. The Bertz CT molecular complexity index is 840. The fraction of sp³-hybridized carbons (Fsp3) is 0.263. The molecule has 1 fully saturated rings. The van der Waals surface area contributed by atoms with Crippen LogP contribution in [0.4, 0.5) is 10.2 Å². The highest BCUT2D eigenvalue weighted by Crippen LogP contribution is 2.34. The molecule has 2 aromatic carbocycles. The lowest BCUT2D eigenvalue weighted by atomic mass is 9.95. The largest absolute Gasteiger partial charge is 0.373 e. The van der Waals surface area contributed by atoms with E-state index in [0.717, 1.165) is 19.6 Å². The Morgan fingerprint density at radius 1 is 1.08 bits per heavy atom. The van der Waals surface area contributed by atoms with Gasteiger partial charge >= 0.3 is 0 Å². The number of hydrogen-bond acceptors (Lipinski definition) is 4. The molecule has 1 aliphatic rings. The average molecular weight is 323 g/mol. The first-order valence-electron chi connectivity index (χ1n) is 8.12. The fourth-order valence-corrected chi connectivity index (χ4v) is 3.27. The van der Waals surface area contributed by atoms with Gasteiger partial charge in [0.05, 0.1) is 6.10 Å². The van der Waals surface area contributed by atoms with E-state index in [4.69, 9.17) is 4.74 Å². The van der Waals surface area contributed by atoms with Gasteiger partial charge in [0.15, 0.2) is 0 Å². The smallest absolute Gasteiger partial charge is 0.149 e. The lowest BCUT2D eigenvalue weighted by Gasteiger charge is -2.20. The number of aromatic nitrogens is 2. The molecule has 5 heteroatoms. The second-order valence-corrected chi connectivity index (χ2v) is 5.99. The summed E-state index contributed by atoms with van der Waals surface area (Å²) in [6.45, 7) is 1.48. The zero-order valence-corrected chi connectivity index (χ0v) is 13.2. The van der Waals surface area contributed by atoms with Gasteiger partial charge in [0.2, 0.25) is 0 Å². The molecule has 2 heterocycles. The van der Waals surface area contributed by atoms with E-state index in [1.54, 1.807) is 6.07 Å². The lowest BCUT2D eigenvalue weighted by Crippen LogP contribution is -2.18. The zero-order valence-electron chi connectivity index (χ0n) is 13.2. The van der Waals surface area contributed by atoms with Crippen molar-refractivity contribution >= 4 is 16.7 Å². The van der Waals surface area contributed by atoms with Gasteiger partial charge in [0.1, 0.15) is 23.5 Å². The summed E-state index contributed by atoms with van der Waals surface area (Å²) in [6.07, 6.45) is 2.47. The van der Waals surface area contributed by atoms with Gasteiger partial charge in [0, 0.05) is 24.5 Å². The molecule has 0 unspecified atom stereocenters. The van der Waals surface area contributed by atoms with Crippen LogP contribution in [0.25, 0.3) is 10.9 Å². The maximum Gasteiger partial charge on any atom is 0.149 e. The SMILES string of the molecule is Fc1cccc2c(NC[C@@H]3CCO[C@H]3c3ccccc3)ncnc12. The van der Waals surface area contributed by atoms with Gasteiger partial charge in [0.25, 0.3) is 0 Å². The number of ether oxygens (including phenoxy) is 1. The molecule has 1 N–H and O–H groups in total. The molecule has 0 bridgehead atoms. The first-order valence-corrected chi connectivity index (χ1v) is 8.12. The molecule has 0 aliphatic carbocycles. The molecule has 1 saturated heterocycles. The van der Waals surface area contributed by atoms with Crippen LogP contribution in [-0.4, -0.2) is 23.1 Å². The molecule has 4 nitrogen and oxygen atoms in total. The van der Waals surface area contributed by atoms with E-state index in [9.17, 15) is 4.39 Å². The molecule has 0 radical (unpaired) electrons. The minimum absolute atomic E-state index is 0.0866. The summed E-state index contributed by atoms with van der Waals surface area (Å²) in [7, 11) is 0. The van der Waals surface area contributed by atoms with E-state index in [1.807, 2.05) is 24.3 Å². The number of halogens is 1. The summed E-state index contributed by atoms with van der Waals surface area (Å²) < 4.78 is 19.8. The van der Waals surface area contributed by atoms with Crippen LogP contribution in [0.15, 0.2) is 54.9 Å². The van der Waals surface area contributed by atoms with Crippen molar-refractivity contribution in [2.75, 3.05) is 18.5 Å². The Kier molecular flexibility index (Phi) is 4.09.